The van der Waals surface area contributed by atoms with E-state index in [-0.39, 0.29) is 12.5 Å². The van der Waals surface area contributed by atoms with Gasteiger partial charge in [-0.1, -0.05) is 29.8 Å². The van der Waals surface area contributed by atoms with Crippen LogP contribution in [0.3, 0.4) is 0 Å². The second kappa shape index (κ2) is 6.99. The average molecular weight is 290 g/mol. The highest BCUT2D eigenvalue weighted by atomic mass is 16.5. The minimum atomic E-state index is -0.763. The molecule has 0 radical (unpaired) electrons. The number of aryl methyl sites for hydroxylation is 1. The Bertz CT molecular complexity index is 533. The molecule has 0 saturated carbocycles. The van der Waals surface area contributed by atoms with Gasteiger partial charge >= 0.3 is 0 Å². The summed E-state index contributed by atoms with van der Waals surface area (Å²) in [5.74, 6) is -1.60. The number of nitrogens with zero attached hydrogens (tertiary/aromatic N) is 1. The molecular weight excluding hydrogens is 272 g/mol. The minimum Gasteiger partial charge on any atom is -0.378 e. The van der Waals surface area contributed by atoms with E-state index in [4.69, 9.17) is 4.74 Å². The predicted octanol–water partition coefficient (Wildman–Crippen LogP) is 0.153. The summed E-state index contributed by atoms with van der Waals surface area (Å²) < 4.78 is 5.15. The Morgan fingerprint density at radius 3 is 2.38 bits per heavy atom. The standard InChI is InChI=1S/C15H18N2O4/c1-11-2-4-12(5-3-11)14(19)15(20)16-10-13(18)17-6-8-21-9-7-17/h2-5H,6-10H2,1H3,(H,16,20). The van der Waals surface area contributed by atoms with E-state index in [0.29, 0.717) is 31.9 Å². The van der Waals surface area contributed by atoms with Crippen molar-refractivity contribution in [3.8, 4) is 0 Å². The van der Waals surface area contributed by atoms with E-state index in [0.717, 1.165) is 5.56 Å². The fraction of sp³-hybridized carbons (Fsp3) is 0.400. The maximum absolute atomic E-state index is 11.9. The molecule has 2 rings (SSSR count). The van der Waals surface area contributed by atoms with Crippen molar-refractivity contribution >= 4 is 17.6 Å². The van der Waals surface area contributed by atoms with Crippen LogP contribution >= 0.6 is 0 Å². The van der Waals surface area contributed by atoms with Gasteiger partial charge in [0, 0.05) is 18.7 Å². The van der Waals surface area contributed by atoms with E-state index >= 15 is 0 Å². The van der Waals surface area contributed by atoms with Gasteiger partial charge in [-0.05, 0) is 6.92 Å². The smallest absolute Gasteiger partial charge is 0.292 e. The molecule has 1 heterocycles. The van der Waals surface area contributed by atoms with Crippen LogP contribution in [0.5, 0.6) is 0 Å². The summed E-state index contributed by atoms with van der Waals surface area (Å²) in [7, 11) is 0. The van der Waals surface area contributed by atoms with Crippen molar-refractivity contribution in [1.29, 1.82) is 0 Å². The fourth-order valence-corrected chi connectivity index (χ4v) is 2.00. The van der Waals surface area contributed by atoms with Crippen molar-refractivity contribution in [2.45, 2.75) is 6.92 Å². The average Bonchev–Trinajstić information content (AvgIpc) is 2.53. The number of nitrogens with one attached hydrogen (secondary N) is 1. The molecule has 1 fully saturated rings. The van der Waals surface area contributed by atoms with Crippen LogP contribution in [0.1, 0.15) is 15.9 Å². The highest BCUT2D eigenvalue weighted by Crippen LogP contribution is 2.04. The van der Waals surface area contributed by atoms with Gasteiger partial charge in [0.2, 0.25) is 11.7 Å². The quantitative estimate of drug-likeness (QED) is 0.633. The van der Waals surface area contributed by atoms with Gasteiger partial charge in [-0.3, -0.25) is 14.4 Å². The molecule has 2 amide bonds. The Morgan fingerprint density at radius 1 is 1.14 bits per heavy atom. The first kappa shape index (κ1) is 15.2. The fourth-order valence-electron chi connectivity index (χ4n) is 2.00. The molecule has 0 bridgehead atoms. The molecule has 1 saturated heterocycles. The molecular formula is C15H18N2O4. The summed E-state index contributed by atoms with van der Waals surface area (Å²) in [5, 5.41) is 2.37. The van der Waals surface area contributed by atoms with Crippen molar-refractivity contribution in [3.63, 3.8) is 0 Å². The van der Waals surface area contributed by atoms with E-state index in [2.05, 4.69) is 5.32 Å². The number of benzene rings is 1. The highest BCUT2D eigenvalue weighted by molar-refractivity contribution is 6.43. The SMILES string of the molecule is Cc1ccc(C(=O)C(=O)NCC(=O)N2CCOCC2)cc1. The lowest BCUT2D eigenvalue weighted by atomic mass is 10.1. The topological polar surface area (TPSA) is 75.7 Å². The van der Waals surface area contributed by atoms with Gasteiger partial charge in [-0.25, -0.2) is 0 Å². The van der Waals surface area contributed by atoms with Crippen LogP contribution in [-0.4, -0.2) is 55.3 Å². The van der Waals surface area contributed by atoms with E-state index in [1.54, 1.807) is 29.2 Å². The van der Waals surface area contributed by atoms with Gasteiger partial charge in [-0.2, -0.15) is 0 Å². The molecule has 0 unspecified atom stereocenters. The van der Waals surface area contributed by atoms with Crippen LogP contribution in [0, 0.1) is 6.92 Å². The normalized spacial score (nSPS) is 14.6. The maximum atomic E-state index is 11.9. The van der Waals surface area contributed by atoms with Crippen LogP contribution in [0.4, 0.5) is 0 Å². The van der Waals surface area contributed by atoms with Crippen molar-refractivity contribution in [2.75, 3.05) is 32.8 Å². The summed E-state index contributed by atoms with van der Waals surface area (Å²) in [6.45, 7) is 3.76. The van der Waals surface area contributed by atoms with Gasteiger partial charge in [0.1, 0.15) is 0 Å². The largest absolute Gasteiger partial charge is 0.378 e. The molecule has 6 nitrogen and oxygen atoms in total. The number of ketones is 1. The number of rotatable bonds is 4. The molecule has 6 heteroatoms. The first-order valence-corrected chi connectivity index (χ1v) is 6.82. The van der Waals surface area contributed by atoms with Gasteiger partial charge < -0.3 is 15.0 Å². The Balaban J connectivity index is 1.84. The number of ether oxygens (including phenoxy) is 1. The first-order valence-electron chi connectivity index (χ1n) is 6.82. The zero-order valence-electron chi connectivity index (χ0n) is 11.9. The minimum absolute atomic E-state index is 0.170. The molecule has 1 aliphatic heterocycles. The van der Waals surface area contributed by atoms with Gasteiger partial charge in [0.25, 0.3) is 5.91 Å². The Hall–Kier alpha value is -2.21. The molecule has 0 aliphatic carbocycles. The highest BCUT2D eigenvalue weighted by Gasteiger charge is 2.20. The number of Topliss-reactive ketones (excluding diaryl/α,β-unsaturated/α-hetero) is 1. The number of morpholine rings is 1. The molecule has 1 N–H and O–H groups in total. The van der Waals surface area contributed by atoms with Gasteiger partial charge in [-0.15, -0.1) is 0 Å². The number of carbonyl (C=O) groups is 3. The number of hydrogen-bond donors (Lipinski definition) is 1. The van der Waals surface area contributed by atoms with Gasteiger partial charge in [0.05, 0.1) is 19.8 Å². The third-order valence-electron chi connectivity index (χ3n) is 3.28. The van der Waals surface area contributed by atoms with Crippen LogP contribution < -0.4 is 5.32 Å². The van der Waals surface area contributed by atoms with Crippen molar-refractivity contribution in [2.24, 2.45) is 0 Å². The van der Waals surface area contributed by atoms with E-state index < -0.39 is 11.7 Å². The van der Waals surface area contributed by atoms with Crippen molar-refractivity contribution in [1.82, 2.24) is 10.2 Å². The zero-order valence-corrected chi connectivity index (χ0v) is 11.9. The van der Waals surface area contributed by atoms with Gasteiger partial charge in [0.15, 0.2) is 0 Å². The third-order valence-corrected chi connectivity index (χ3v) is 3.28. The summed E-state index contributed by atoms with van der Waals surface area (Å²) in [6.07, 6.45) is 0. The van der Waals surface area contributed by atoms with Crippen molar-refractivity contribution < 1.29 is 19.1 Å². The monoisotopic (exact) mass is 290 g/mol. The Kier molecular flexibility index (Phi) is 5.05. The Morgan fingerprint density at radius 2 is 1.76 bits per heavy atom. The van der Waals surface area contributed by atoms with E-state index in [9.17, 15) is 14.4 Å². The summed E-state index contributed by atoms with van der Waals surface area (Å²) in [6, 6.07) is 6.72. The van der Waals surface area contributed by atoms with Crippen LogP contribution in [0.2, 0.25) is 0 Å². The number of hydrogen-bond acceptors (Lipinski definition) is 4. The lowest BCUT2D eigenvalue weighted by molar-refractivity contribution is -0.135. The van der Waals surface area contributed by atoms with Crippen LogP contribution in [0.15, 0.2) is 24.3 Å². The van der Waals surface area contributed by atoms with Crippen LogP contribution in [0.25, 0.3) is 0 Å². The summed E-state index contributed by atoms with van der Waals surface area (Å²) >= 11 is 0. The lowest BCUT2D eigenvalue weighted by Gasteiger charge is -2.26. The lowest BCUT2D eigenvalue weighted by Crippen LogP contribution is -2.46. The predicted molar refractivity (Wildman–Crippen MR) is 75.9 cm³/mol. The summed E-state index contributed by atoms with van der Waals surface area (Å²) in [4.78, 5) is 37.1. The molecule has 112 valence electrons. The second-order valence-electron chi connectivity index (χ2n) is 4.87. The zero-order chi connectivity index (χ0) is 15.2. The number of carbonyl (C=O) groups excluding carboxylic acids is 3. The third kappa shape index (κ3) is 4.13. The molecule has 0 atom stereocenters. The Labute approximate surface area is 123 Å². The maximum Gasteiger partial charge on any atom is 0.292 e. The first-order chi connectivity index (χ1) is 10.1. The van der Waals surface area contributed by atoms with E-state index in [1.807, 2.05) is 6.92 Å². The summed E-state index contributed by atoms with van der Waals surface area (Å²) in [5.41, 5.74) is 1.33. The molecule has 0 aromatic heterocycles. The number of amides is 2. The molecule has 1 aliphatic rings. The molecule has 1 aromatic rings. The van der Waals surface area contributed by atoms with Crippen molar-refractivity contribution in [3.05, 3.63) is 35.4 Å². The van der Waals surface area contributed by atoms with E-state index in [1.165, 1.54) is 0 Å². The van der Waals surface area contributed by atoms with Crippen LogP contribution in [-0.2, 0) is 14.3 Å². The molecule has 0 spiro atoms. The molecule has 21 heavy (non-hydrogen) atoms. The second-order valence-corrected chi connectivity index (χ2v) is 4.87. The molecule has 1 aromatic carbocycles.